The summed E-state index contributed by atoms with van der Waals surface area (Å²) in [6.07, 6.45) is 12.4. The van der Waals surface area contributed by atoms with E-state index in [1.807, 2.05) is 35.2 Å². The Morgan fingerprint density at radius 1 is 1.11 bits per heavy atom. The average molecular weight is 486 g/mol. The lowest BCUT2D eigenvalue weighted by Crippen LogP contribution is -2.31. The molecule has 0 spiro atoms. The molecule has 2 unspecified atom stereocenters. The van der Waals surface area contributed by atoms with E-state index in [1.54, 1.807) is 0 Å². The molecule has 36 heavy (non-hydrogen) atoms. The SMILES string of the molecule is CCCCc1cn(C2CCCC2C(C)C)c(=O)n1Cc1cnccc1-c1ccc(-c2nnn[nH]2)cc1. The quantitative estimate of drug-likeness (QED) is 0.348. The molecule has 1 saturated carbocycles. The molecule has 8 nitrogen and oxygen atoms in total. The number of aromatic amines is 1. The van der Waals surface area contributed by atoms with Crippen molar-refractivity contribution in [3.8, 4) is 22.5 Å². The summed E-state index contributed by atoms with van der Waals surface area (Å²) in [5.41, 5.74) is 5.35. The molecule has 4 aromatic rings. The number of benzene rings is 1. The van der Waals surface area contributed by atoms with Gasteiger partial charge in [0.1, 0.15) is 0 Å². The maximum absolute atomic E-state index is 13.8. The van der Waals surface area contributed by atoms with E-state index in [9.17, 15) is 4.79 Å². The first kappa shape index (κ1) is 24.2. The molecule has 3 aromatic heterocycles. The summed E-state index contributed by atoms with van der Waals surface area (Å²) in [6, 6.07) is 10.5. The first-order valence-electron chi connectivity index (χ1n) is 13.1. The van der Waals surface area contributed by atoms with Crippen molar-refractivity contribution >= 4 is 0 Å². The third-order valence-corrected chi connectivity index (χ3v) is 7.66. The lowest BCUT2D eigenvalue weighted by Gasteiger charge is -2.23. The van der Waals surface area contributed by atoms with Crippen molar-refractivity contribution in [3.63, 3.8) is 0 Å². The number of pyridine rings is 1. The van der Waals surface area contributed by atoms with Gasteiger partial charge in [-0.15, -0.1) is 5.10 Å². The second-order valence-electron chi connectivity index (χ2n) is 10.3. The second-order valence-corrected chi connectivity index (χ2v) is 10.3. The minimum absolute atomic E-state index is 0.113. The number of H-pyrrole nitrogens is 1. The predicted molar refractivity (Wildman–Crippen MR) is 140 cm³/mol. The van der Waals surface area contributed by atoms with E-state index in [0.29, 0.717) is 30.2 Å². The Balaban J connectivity index is 1.49. The molecule has 5 rings (SSSR count). The van der Waals surface area contributed by atoms with Gasteiger partial charge in [0, 0.05) is 35.9 Å². The van der Waals surface area contributed by atoms with Crippen LogP contribution in [-0.4, -0.2) is 34.7 Å². The molecule has 0 amide bonds. The standard InChI is InChI=1S/C28H35N7O/c1-4-5-7-23-18-35(26-9-6-8-24(26)19(2)3)28(36)34(23)17-22-16-29-15-14-25(22)20-10-12-21(13-11-20)27-30-32-33-31-27/h10-16,18-19,24,26H,4-9,17H2,1-3H3,(H,30,31,32,33). The molecule has 1 aromatic carbocycles. The molecule has 1 fully saturated rings. The van der Waals surface area contributed by atoms with Crippen molar-refractivity contribution in [2.45, 2.75) is 71.9 Å². The minimum Gasteiger partial charge on any atom is -0.296 e. The van der Waals surface area contributed by atoms with Crippen LogP contribution < -0.4 is 5.69 Å². The van der Waals surface area contributed by atoms with Gasteiger partial charge in [0.05, 0.1) is 6.54 Å². The van der Waals surface area contributed by atoms with E-state index >= 15 is 0 Å². The highest BCUT2D eigenvalue weighted by Crippen LogP contribution is 2.40. The zero-order valence-corrected chi connectivity index (χ0v) is 21.4. The van der Waals surface area contributed by atoms with Gasteiger partial charge in [-0.25, -0.2) is 9.89 Å². The van der Waals surface area contributed by atoms with Crippen molar-refractivity contribution in [1.29, 1.82) is 0 Å². The fourth-order valence-electron chi connectivity index (χ4n) is 5.70. The normalized spacial score (nSPS) is 17.8. The topological polar surface area (TPSA) is 94.3 Å². The number of nitrogens with zero attached hydrogens (tertiary/aromatic N) is 6. The fourth-order valence-corrected chi connectivity index (χ4v) is 5.70. The monoisotopic (exact) mass is 485 g/mol. The van der Waals surface area contributed by atoms with Crippen molar-refractivity contribution in [3.05, 3.63) is 70.7 Å². The van der Waals surface area contributed by atoms with Crippen LogP contribution in [0.2, 0.25) is 0 Å². The Bertz CT molecular complexity index is 1340. The molecule has 1 aliphatic carbocycles. The predicted octanol–water partition coefficient (Wildman–Crippen LogP) is 5.28. The van der Waals surface area contributed by atoms with Gasteiger partial charge >= 0.3 is 5.69 Å². The van der Waals surface area contributed by atoms with E-state index in [0.717, 1.165) is 53.6 Å². The van der Waals surface area contributed by atoms with Crippen LogP contribution in [0, 0.1) is 11.8 Å². The highest BCUT2D eigenvalue weighted by Gasteiger charge is 2.32. The van der Waals surface area contributed by atoms with Crippen molar-refractivity contribution in [2.75, 3.05) is 0 Å². The molecule has 0 radical (unpaired) electrons. The third kappa shape index (κ3) is 4.76. The maximum atomic E-state index is 13.8. The summed E-state index contributed by atoms with van der Waals surface area (Å²) >= 11 is 0. The number of aromatic nitrogens is 7. The van der Waals surface area contributed by atoms with E-state index in [4.69, 9.17) is 0 Å². The summed E-state index contributed by atoms with van der Waals surface area (Å²) in [5, 5.41) is 14.1. The molecule has 0 aliphatic heterocycles. The Labute approximate surface area is 211 Å². The Morgan fingerprint density at radius 3 is 2.64 bits per heavy atom. The highest BCUT2D eigenvalue weighted by molar-refractivity contribution is 5.69. The van der Waals surface area contributed by atoms with Gasteiger partial charge in [-0.1, -0.05) is 57.9 Å². The van der Waals surface area contributed by atoms with Crippen LogP contribution in [0.5, 0.6) is 0 Å². The first-order valence-corrected chi connectivity index (χ1v) is 13.1. The summed E-state index contributed by atoms with van der Waals surface area (Å²) in [4.78, 5) is 18.2. The number of aryl methyl sites for hydroxylation is 1. The number of imidazole rings is 1. The van der Waals surface area contributed by atoms with Crippen molar-refractivity contribution in [2.24, 2.45) is 11.8 Å². The van der Waals surface area contributed by atoms with Crippen molar-refractivity contribution in [1.82, 2.24) is 34.7 Å². The van der Waals surface area contributed by atoms with Crippen LogP contribution in [0.3, 0.4) is 0 Å². The van der Waals surface area contributed by atoms with Gasteiger partial charge in [-0.2, -0.15) is 0 Å². The van der Waals surface area contributed by atoms with Gasteiger partial charge in [0.2, 0.25) is 0 Å². The summed E-state index contributed by atoms with van der Waals surface area (Å²) in [5.74, 6) is 1.77. The summed E-state index contributed by atoms with van der Waals surface area (Å²) < 4.78 is 4.04. The lowest BCUT2D eigenvalue weighted by atomic mass is 9.91. The first-order chi connectivity index (χ1) is 17.6. The van der Waals surface area contributed by atoms with Crippen LogP contribution in [-0.2, 0) is 13.0 Å². The molecule has 1 aliphatic rings. The van der Waals surface area contributed by atoms with Gasteiger partial charge in [-0.3, -0.25) is 14.1 Å². The van der Waals surface area contributed by atoms with Crippen molar-refractivity contribution < 1.29 is 0 Å². The highest BCUT2D eigenvalue weighted by atomic mass is 16.1. The molecule has 0 bridgehead atoms. The molecular formula is C28H35N7O. The average Bonchev–Trinajstić information content (AvgIpc) is 3.65. The van der Waals surface area contributed by atoms with Gasteiger partial charge in [0.25, 0.3) is 0 Å². The molecule has 0 saturated heterocycles. The van der Waals surface area contributed by atoms with Crippen LogP contribution in [0.1, 0.15) is 70.2 Å². The Kier molecular flexibility index (Phi) is 7.11. The summed E-state index contributed by atoms with van der Waals surface area (Å²) in [6.45, 7) is 7.29. The van der Waals surface area contributed by atoms with Gasteiger partial charge in [0.15, 0.2) is 5.82 Å². The third-order valence-electron chi connectivity index (χ3n) is 7.66. The van der Waals surface area contributed by atoms with E-state index in [2.05, 4.69) is 69.3 Å². The van der Waals surface area contributed by atoms with Crippen LogP contribution in [0.4, 0.5) is 0 Å². The van der Waals surface area contributed by atoms with E-state index < -0.39 is 0 Å². The zero-order valence-electron chi connectivity index (χ0n) is 21.4. The summed E-state index contributed by atoms with van der Waals surface area (Å²) in [7, 11) is 0. The molecule has 188 valence electrons. The van der Waals surface area contributed by atoms with Crippen LogP contribution in [0.15, 0.2) is 53.7 Å². The van der Waals surface area contributed by atoms with Crippen LogP contribution in [0.25, 0.3) is 22.5 Å². The Morgan fingerprint density at radius 2 is 1.92 bits per heavy atom. The number of tetrazole rings is 1. The zero-order chi connectivity index (χ0) is 25.1. The van der Waals surface area contributed by atoms with Gasteiger partial charge in [-0.05, 0) is 70.7 Å². The molecule has 1 N–H and O–H groups in total. The largest absolute Gasteiger partial charge is 0.328 e. The van der Waals surface area contributed by atoms with Crippen LogP contribution >= 0.6 is 0 Å². The molecule has 8 heteroatoms. The number of unbranched alkanes of at least 4 members (excludes halogenated alkanes) is 1. The second kappa shape index (κ2) is 10.6. The number of hydrogen-bond donors (Lipinski definition) is 1. The van der Waals surface area contributed by atoms with E-state index in [1.165, 1.54) is 12.8 Å². The molecule has 3 heterocycles. The lowest BCUT2D eigenvalue weighted by molar-refractivity contribution is 0.288. The van der Waals surface area contributed by atoms with E-state index in [-0.39, 0.29) is 5.69 Å². The number of nitrogens with one attached hydrogen (secondary N) is 1. The Hall–Kier alpha value is -3.55. The molecule has 2 atom stereocenters. The smallest absolute Gasteiger partial charge is 0.296 e. The van der Waals surface area contributed by atoms with Gasteiger partial charge < -0.3 is 0 Å². The molecular weight excluding hydrogens is 450 g/mol. The number of hydrogen-bond acceptors (Lipinski definition) is 5. The maximum Gasteiger partial charge on any atom is 0.328 e. The minimum atomic E-state index is 0.113. The fraction of sp³-hybridized carbons (Fsp3) is 0.464. The number of rotatable bonds is 9.